The fourth-order valence-electron chi connectivity index (χ4n) is 3.61. The number of ether oxygens (including phenoxy) is 2. The molecule has 0 bridgehead atoms. The molecule has 1 aliphatic rings. The summed E-state index contributed by atoms with van der Waals surface area (Å²) in [5.41, 5.74) is 2.21. The summed E-state index contributed by atoms with van der Waals surface area (Å²) in [6, 6.07) is 13.0. The van der Waals surface area contributed by atoms with Gasteiger partial charge in [0.05, 0.1) is 19.1 Å². The van der Waals surface area contributed by atoms with Crippen molar-refractivity contribution in [3.63, 3.8) is 0 Å². The minimum absolute atomic E-state index is 0.352. The third kappa shape index (κ3) is 5.46. The van der Waals surface area contributed by atoms with Crippen LogP contribution >= 0.6 is 11.6 Å². The Hall–Kier alpha value is -1.80. The van der Waals surface area contributed by atoms with E-state index in [4.69, 9.17) is 21.1 Å². The molecular formula is C22H29ClN2O4S. The number of methoxy groups -OCH3 is 2. The van der Waals surface area contributed by atoms with Crippen molar-refractivity contribution in [3.05, 3.63) is 53.6 Å². The zero-order valence-electron chi connectivity index (χ0n) is 17.5. The third-order valence-electron chi connectivity index (χ3n) is 5.35. The molecule has 30 heavy (non-hydrogen) atoms. The summed E-state index contributed by atoms with van der Waals surface area (Å²) in [5.74, 6) is 2.00. The number of piperazine rings is 1. The fraction of sp³-hybridized carbons (Fsp3) is 0.455. The number of hydrogen-bond donors (Lipinski definition) is 0. The lowest BCUT2D eigenvalue weighted by molar-refractivity contribution is 0.181. The van der Waals surface area contributed by atoms with Crippen molar-refractivity contribution in [1.82, 2.24) is 9.21 Å². The quantitative estimate of drug-likeness (QED) is 0.546. The van der Waals surface area contributed by atoms with Gasteiger partial charge in [-0.3, -0.25) is 4.90 Å². The van der Waals surface area contributed by atoms with Crippen molar-refractivity contribution in [2.45, 2.75) is 24.3 Å². The number of benzene rings is 2. The standard InChI is InChI=1S/C22H29ClN2O4S/c1-28-21-10-7-19(16-22(21)29-2)17-24-12-14-25(15-13-24)30(26,27)20-8-5-18(6-9-20)4-3-11-23/h5-10,16H,3-4,11-15,17H2,1-2H3. The molecule has 0 N–H and O–H groups in total. The normalized spacial score (nSPS) is 15.8. The van der Waals surface area contributed by atoms with Crippen LogP contribution in [0, 0.1) is 0 Å². The second kappa shape index (κ2) is 10.5. The Morgan fingerprint density at radius 1 is 0.900 bits per heavy atom. The Kier molecular flexibility index (Phi) is 7.99. The van der Waals surface area contributed by atoms with Crippen LogP contribution in [0.2, 0.25) is 0 Å². The van der Waals surface area contributed by atoms with Crippen LogP contribution in [0.1, 0.15) is 17.5 Å². The number of nitrogens with zero attached hydrogens (tertiary/aromatic N) is 2. The van der Waals surface area contributed by atoms with E-state index in [1.807, 2.05) is 30.3 Å². The van der Waals surface area contributed by atoms with Gasteiger partial charge >= 0.3 is 0 Å². The first-order valence-electron chi connectivity index (χ1n) is 10.1. The molecular weight excluding hydrogens is 424 g/mol. The van der Waals surface area contributed by atoms with Crippen molar-refractivity contribution in [3.8, 4) is 11.5 Å². The molecule has 0 spiro atoms. The van der Waals surface area contributed by atoms with E-state index in [0.717, 1.165) is 30.5 Å². The molecule has 1 aliphatic heterocycles. The maximum Gasteiger partial charge on any atom is 0.243 e. The van der Waals surface area contributed by atoms with Gasteiger partial charge in [-0.25, -0.2) is 8.42 Å². The highest BCUT2D eigenvalue weighted by atomic mass is 35.5. The van der Waals surface area contributed by atoms with Gasteiger partial charge in [-0.15, -0.1) is 11.6 Å². The van der Waals surface area contributed by atoms with E-state index in [-0.39, 0.29) is 0 Å². The van der Waals surface area contributed by atoms with Gasteiger partial charge in [0.15, 0.2) is 11.5 Å². The van der Waals surface area contributed by atoms with Crippen LogP contribution in [-0.2, 0) is 23.0 Å². The van der Waals surface area contributed by atoms with E-state index in [1.165, 1.54) is 0 Å². The van der Waals surface area contributed by atoms with Crippen LogP contribution in [0.4, 0.5) is 0 Å². The van der Waals surface area contributed by atoms with Gasteiger partial charge in [0, 0.05) is 38.6 Å². The highest BCUT2D eigenvalue weighted by molar-refractivity contribution is 7.89. The van der Waals surface area contributed by atoms with Gasteiger partial charge in [0.2, 0.25) is 10.0 Å². The van der Waals surface area contributed by atoms with E-state index in [0.29, 0.717) is 48.5 Å². The predicted octanol–water partition coefficient (Wildman–Crippen LogP) is 3.38. The van der Waals surface area contributed by atoms with Crippen LogP contribution in [0.3, 0.4) is 0 Å². The molecule has 164 valence electrons. The monoisotopic (exact) mass is 452 g/mol. The van der Waals surface area contributed by atoms with Crippen molar-refractivity contribution in [1.29, 1.82) is 0 Å². The molecule has 1 heterocycles. The summed E-state index contributed by atoms with van der Waals surface area (Å²) in [4.78, 5) is 2.60. The van der Waals surface area contributed by atoms with Gasteiger partial charge < -0.3 is 9.47 Å². The van der Waals surface area contributed by atoms with Crippen molar-refractivity contribution in [2.24, 2.45) is 0 Å². The Bertz CT molecular complexity index is 927. The Labute approximate surface area is 184 Å². The van der Waals surface area contributed by atoms with E-state index in [2.05, 4.69) is 4.90 Å². The molecule has 2 aromatic carbocycles. The van der Waals surface area contributed by atoms with Crippen LogP contribution in [0.25, 0.3) is 0 Å². The first kappa shape index (κ1) is 22.9. The molecule has 8 heteroatoms. The molecule has 0 saturated carbocycles. The number of sulfonamides is 1. The summed E-state index contributed by atoms with van der Waals surface area (Å²) < 4.78 is 38.2. The largest absolute Gasteiger partial charge is 0.493 e. The van der Waals surface area contributed by atoms with E-state index >= 15 is 0 Å². The third-order valence-corrected chi connectivity index (χ3v) is 7.53. The molecule has 0 aliphatic carbocycles. The smallest absolute Gasteiger partial charge is 0.243 e. The molecule has 6 nitrogen and oxygen atoms in total. The average molecular weight is 453 g/mol. The highest BCUT2D eigenvalue weighted by Crippen LogP contribution is 2.28. The van der Waals surface area contributed by atoms with Gasteiger partial charge in [-0.1, -0.05) is 18.2 Å². The summed E-state index contributed by atoms with van der Waals surface area (Å²) in [6.45, 7) is 3.06. The number of alkyl halides is 1. The zero-order chi connectivity index (χ0) is 21.6. The molecule has 0 unspecified atom stereocenters. The van der Waals surface area contributed by atoms with Gasteiger partial charge in [-0.2, -0.15) is 4.31 Å². The average Bonchev–Trinajstić information content (AvgIpc) is 2.78. The van der Waals surface area contributed by atoms with Gasteiger partial charge in [0.25, 0.3) is 0 Å². The zero-order valence-corrected chi connectivity index (χ0v) is 19.1. The van der Waals surface area contributed by atoms with Crippen LogP contribution < -0.4 is 9.47 Å². The van der Waals surface area contributed by atoms with Crippen LogP contribution in [0.5, 0.6) is 11.5 Å². The van der Waals surface area contributed by atoms with E-state index < -0.39 is 10.0 Å². The topological polar surface area (TPSA) is 59.1 Å². The second-order valence-electron chi connectivity index (χ2n) is 7.31. The maximum absolute atomic E-state index is 13.0. The van der Waals surface area contributed by atoms with Crippen LogP contribution in [-0.4, -0.2) is 63.9 Å². The first-order chi connectivity index (χ1) is 14.5. The summed E-state index contributed by atoms with van der Waals surface area (Å²) in [6.07, 6.45) is 1.74. The van der Waals surface area contributed by atoms with E-state index in [1.54, 1.807) is 30.7 Å². The molecule has 3 rings (SSSR count). The minimum atomic E-state index is -3.47. The lowest BCUT2D eigenvalue weighted by Gasteiger charge is -2.34. The molecule has 0 radical (unpaired) electrons. The summed E-state index contributed by atoms with van der Waals surface area (Å²) in [5, 5.41) is 0. The number of rotatable bonds is 9. The molecule has 0 atom stereocenters. The highest BCUT2D eigenvalue weighted by Gasteiger charge is 2.28. The Balaban J connectivity index is 1.59. The van der Waals surface area contributed by atoms with Crippen LogP contribution in [0.15, 0.2) is 47.4 Å². The molecule has 0 amide bonds. The first-order valence-corrected chi connectivity index (χ1v) is 12.0. The minimum Gasteiger partial charge on any atom is -0.493 e. The van der Waals surface area contributed by atoms with Gasteiger partial charge in [-0.05, 0) is 48.2 Å². The number of halogens is 1. The van der Waals surface area contributed by atoms with Gasteiger partial charge in [0.1, 0.15) is 0 Å². The SMILES string of the molecule is COc1ccc(CN2CCN(S(=O)(=O)c3ccc(CCCCl)cc3)CC2)cc1OC. The lowest BCUT2D eigenvalue weighted by atomic mass is 10.1. The van der Waals surface area contributed by atoms with Crippen molar-refractivity contribution < 1.29 is 17.9 Å². The summed E-state index contributed by atoms with van der Waals surface area (Å²) in [7, 11) is -0.235. The van der Waals surface area contributed by atoms with E-state index in [9.17, 15) is 8.42 Å². The number of hydrogen-bond acceptors (Lipinski definition) is 5. The molecule has 2 aromatic rings. The van der Waals surface area contributed by atoms with Crippen molar-refractivity contribution in [2.75, 3.05) is 46.3 Å². The second-order valence-corrected chi connectivity index (χ2v) is 9.62. The Morgan fingerprint density at radius 3 is 2.13 bits per heavy atom. The van der Waals surface area contributed by atoms with Crippen molar-refractivity contribution >= 4 is 21.6 Å². The Morgan fingerprint density at radius 2 is 1.53 bits per heavy atom. The summed E-state index contributed by atoms with van der Waals surface area (Å²) >= 11 is 5.73. The lowest BCUT2D eigenvalue weighted by Crippen LogP contribution is -2.48. The number of aryl methyl sites for hydroxylation is 1. The fourth-order valence-corrected chi connectivity index (χ4v) is 5.17. The maximum atomic E-state index is 13.0. The molecule has 0 aromatic heterocycles. The molecule has 1 saturated heterocycles. The molecule has 1 fully saturated rings. The predicted molar refractivity (Wildman–Crippen MR) is 119 cm³/mol.